The Hall–Kier alpha value is -2.65. The van der Waals surface area contributed by atoms with E-state index in [1.54, 1.807) is 7.11 Å². The predicted octanol–water partition coefficient (Wildman–Crippen LogP) is 2.80. The molecule has 0 bridgehead atoms. The van der Waals surface area contributed by atoms with Gasteiger partial charge < -0.3 is 24.6 Å². The van der Waals surface area contributed by atoms with Crippen molar-refractivity contribution in [1.29, 1.82) is 0 Å². The number of ether oxygens (including phenoxy) is 2. The highest BCUT2D eigenvalue weighted by atomic mass is 19.4. The zero-order valence-corrected chi connectivity index (χ0v) is 18.8. The number of alkyl halides is 6. The number of anilines is 1. The molecule has 1 aromatic rings. The van der Waals surface area contributed by atoms with Crippen molar-refractivity contribution in [2.24, 2.45) is 0 Å². The fraction of sp³-hybridized carbons (Fsp3) is 0.650. The van der Waals surface area contributed by atoms with E-state index < -0.39 is 24.3 Å². The molecule has 0 aromatic carbocycles. The van der Waals surface area contributed by atoms with Crippen LogP contribution in [-0.2, 0) is 25.6 Å². The lowest BCUT2D eigenvalue weighted by Gasteiger charge is -2.33. The van der Waals surface area contributed by atoms with Gasteiger partial charge in [0, 0.05) is 64.3 Å². The molecule has 0 saturated carbocycles. The van der Waals surface area contributed by atoms with Crippen LogP contribution in [0.4, 0.5) is 32.2 Å². The van der Waals surface area contributed by atoms with E-state index in [2.05, 4.69) is 20.9 Å². The number of nitrogens with zero attached hydrogens (tertiary/aromatic N) is 3. The number of pyridine rings is 1. The summed E-state index contributed by atoms with van der Waals surface area (Å²) in [7, 11) is 1.76. The zero-order valence-electron chi connectivity index (χ0n) is 18.8. The molecule has 1 aromatic heterocycles. The topological polar surface area (TPSA) is 112 Å². The Morgan fingerprint density at radius 1 is 1.09 bits per heavy atom. The molecule has 3 rings (SSSR count). The number of rotatable bonds is 4. The molecule has 15 heteroatoms. The normalized spacial score (nSPS) is 17.2. The molecule has 2 aliphatic rings. The summed E-state index contributed by atoms with van der Waals surface area (Å²) in [6.45, 7) is 6.55. The molecule has 0 radical (unpaired) electrons. The Kier molecular flexibility index (Phi) is 12.2. The van der Waals surface area contributed by atoms with Crippen molar-refractivity contribution in [3.05, 3.63) is 23.9 Å². The maximum atomic E-state index is 10.6. The van der Waals surface area contributed by atoms with Crippen LogP contribution in [-0.4, -0.2) is 97.0 Å². The minimum atomic E-state index is -5.08. The number of aliphatic carboxylic acids is 2. The van der Waals surface area contributed by atoms with Crippen molar-refractivity contribution >= 4 is 17.8 Å². The van der Waals surface area contributed by atoms with Crippen LogP contribution in [0.25, 0.3) is 0 Å². The monoisotopic (exact) mass is 519 g/mol. The molecule has 200 valence electrons. The van der Waals surface area contributed by atoms with Gasteiger partial charge in [-0.05, 0) is 18.9 Å². The van der Waals surface area contributed by atoms with Crippen molar-refractivity contribution in [3.8, 4) is 0 Å². The van der Waals surface area contributed by atoms with Crippen molar-refractivity contribution < 1.29 is 55.6 Å². The number of fused-ring (bicyclic) bond motifs is 1. The molecule has 9 nitrogen and oxygen atoms in total. The van der Waals surface area contributed by atoms with E-state index in [4.69, 9.17) is 29.3 Å². The van der Waals surface area contributed by atoms with Crippen molar-refractivity contribution in [2.75, 3.05) is 51.5 Å². The van der Waals surface area contributed by atoms with Crippen LogP contribution < -0.4 is 4.90 Å². The molecule has 1 fully saturated rings. The van der Waals surface area contributed by atoms with Crippen molar-refractivity contribution in [3.63, 3.8) is 0 Å². The van der Waals surface area contributed by atoms with Crippen LogP contribution >= 0.6 is 0 Å². The molecule has 0 amide bonds. The van der Waals surface area contributed by atoms with Crippen LogP contribution in [0.1, 0.15) is 18.4 Å². The van der Waals surface area contributed by atoms with E-state index in [1.165, 1.54) is 5.56 Å². The highest BCUT2D eigenvalue weighted by Crippen LogP contribution is 2.25. The van der Waals surface area contributed by atoms with Crippen LogP contribution in [0.2, 0.25) is 0 Å². The molecule has 0 atom stereocenters. The highest BCUT2D eigenvalue weighted by Gasteiger charge is 2.38. The molecule has 0 aliphatic carbocycles. The third-order valence-corrected chi connectivity index (χ3v) is 4.96. The summed E-state index contributed by atoms with van der Waals surface area (Å²) in [5.74, 6) is -4.39. The first-order valence-electron chi connectivity index (χ1n) is 10.4. The van der Waals surface area contributed by atoms with E-state index in [1.807, 2.05) is 12.3 Å². The summed E-state index contributed by atoms with van der Waals surface area (Å²) in [4.78, 5) is 27.4. The van der Waals surface area contributed by atoms with Crippen molar-refractivity contribution in [2.45, 2.75) is 37.8 Å². The number of carboxylic acid groups (broad SMARTS) is 2. The smallest absolute Gasteiger partial charge is 0.475 e. The van der Waals surface area contributed by atoms with Gasteiger partial charge in [0.15, 0.2) is 0 Å². The molecule has 3 heterocycles. The summed E-state index contributed by atoms with van der Waals surface area (Å²) < 4.78 is 74.2. The molecule has 0 spiro atoms. The second-order valence-electron chi connectivity index (χ2n) is 7.39. The SMILES string of the molecule is COCCN1CCN(C2CCOCC2)Cc2cccnc21.O=C(O)C(F)(F)F.O=C(O)C(F)(F)F. The number of hydrogen-bond acceptors (Lipinski definition) is 7. The van der Waals surface area contributed by atoms with Crippen LogP contribution in [0.15, 0.2) is 18.3 Å². The standard InChI is InChI=1S/C16H25N3O2.2C2HF3O2/c1-20-12-9-18-7-8-19(15-4-10-21-11-5-15)13-14-3-2-6-17-16(14)18;2*3-2(4,5)1(6)7/h2-3,6,15H,4-5,7-13H2,1H3;2*(H,6,7). The average Bonchev–Trinajstić information content (AvgIpc) is 2.97. The fourth-order valence-electron chi connectivity index (χ4n) is 3.27. The Morgan fingerprint density at radius 2 is 1.63 bits per heavy atom. The van der Waals surface area contributed by atoms with Gasteiger partial charge in [0.25, 0.3) is 0 Å². The maximum absolute atomic E-state index is 10.6. The molecule has 35 heavy (non-hydrogen) atoms. The van der Waals surface area contributed by atoms with Gasteiger partial charge in [0.1, 0.15) is 5.82 Å². The first-order chi connectivity index (χ1) is 16.3. The Morgan fingerprint density at radius 3 is 2.11 bits per heavy atom. The fourth-order valence-corrected chi connectivity index (χ4v) is 3.27. The molecule has 2 aliphatic heterocycles. The summed E-state index contributed by atoms with van der Waals surface area (Å²) in [5, 5.41) is 14.2. The maximum Gasteiger partial charge on any atom is 0.490 e. The summed E-state index contributed by atoms with van der Waals surface area (Å²) in [6, 6.07) is 4.90. The first kappa shape index (κ1) is 30.4. The number of carboxylic acids is 2. The van der Waals surface area contributed by atoms with Gasteiger partial charge >= 0.3 is 24.3 Å². The number of carbonyl (C=O) groups is 2. The lowest BCUT2D eigenvalue weighted by atomic mass is 10.1. The number of hydrogen-bond donors (Lipinski definition) is 2. The van der Waals surface area contributed by atoms with E-state index in [0.29, 0.717) is 6.04 Å². The minimum Gasteiger partial charge on any atom is -0.475 e. The predicted molar refractivity (Wildman–Crippen MR) is 110 cm³/mol. The number of methoxy groups -OCH3 is 1. The summed E-state index contributed by atoms with van der Waals surface area (Å²) in [5.41, 5.74) is 1.33. The first-order valence-corrected chi connectivity index (χ1v) is 10.4. The van der Waals surface area contributed by atoms with Gasteiger partial charge in [-0.25, -0.2) is 14.6 Å². The Bertz CT molecular complexity index is 778. The molecule has 0 unspecified atom stereocenters. The zero-order chi connectivity index (χ0) is 26.6. The van der Waals surface area contributed by atoms with E-state index in [9.17, 15) is 26.3 Å². The lowest BCUT2D eigenvalue weighted by Crippen LogP contribution is -2.41. The van der Waals surface area contributed by atoms with Gasteiger partial charge in [-0.15, -0.1) is 0 Å². The second-order valence-corrected chi connectivity index (χ2v) is 7.39. The number of aromatic nitrogens is 1. The Balaban J connectivity index is 0.000000362. The van der Waals surface area contributed by atoms with Gasteiger partial charge in [-0.3, -0.25) is 4.90 Å². The van der Waals surface area contributed by atoms with Gasteiger partial charge in [0.2, 0.25) is 0 Å². The number of halogens is 6. The quantitative estimate of drug-likeness (QED) is 0.580. The molecule has 2 N–H and O–H groups in total. The van der Waals surface area contributed by atoms with Gasteiger partial charge in [0.05, 0.1) is 6.61 Å². The molecule has 1 saturated heterocycles. The molecular formula is C20H27F6N3O6. The van der Waals surface area contributed by atoms with Crippen LogP contribution in [0.3, 0.4) is 0 Å². The van der Waals surface area contributed by atoms with Gasteiger partial charge in [-0.1, -0.05) is 6.07 Å². The largest absolute Gasteiger partial charge is 0.490 e. The Labute approximate surface area is 197 Å². The second kappa shape index (κ2) is 14.0. The van der Waals surface area contributed by atoms with Crippen molar-refractivity contribution in [1.82, 2.24) is 9.88 Å². The average molecular weight is 519 g/mol. The van der Waals surface area contributed by atoms with E-state index >= 15 is 0 Å². The van der Waals surface area contributed by atoms with Crippen LogP contribution in [0, 0.1) is 0 Å². The third-order valence-electron chi connectivity index (χ3n) is 4.96. The van der Waals surface area contributed by atoms with Gasteiger partial charge in [-0.2, -0.15) is 26.3 Å². The highest BCUT2D eigenvalue weighted by molar-refractivity contribution is 5.73. The molecular weight excluding hydrogens is 492 g/mol. The van der Waals surface area contributed by atoms with Crippen LogP contribution in [0.5, 0.6) is 0 Å². The summed E-state index contributed by atoms with van der Waals surface area (Å²) >= 11 is 0. The minimum absolute atomic E-state index is 0.647. The van der Waals surface area contributed by atoms with E-state index in [0.717, 1.165) is 64.7 Å². The third kappa shape index (κ3) is 11.1. The van der Waals surface area contributed by atoms with E-state index in [-0.39, 0.29) is 0 Å². The lowest BCUT2D eigenvalue weighted by molar-refractivity contribution is -0.193. The summed E-state index contributed by atoms with van der Waals surface area (Å²) in [6.07, 6.45) is -5.98.